The Morgan fingerprint density at radius 1 is 1.47 bits per heavy atom. The van der Waals surface area contributed by atoms with Crippen molar-refractivity contribution in [3.8, 4) is 0 Å². The van der Waals surface area contributed by atoms with Gasteiger partial charge in [-0.3, -0.25) is 9.89 Å². The van der Waals surface area contributed by atoms with Gasteiger partial charge in [0.05, 0.1) is 11.9 Å². The summed E-state index contributed by atoms with van der Waals surface area (Å²) in [4.78, 5) is 19.6. The number of rotatable bonds is 2. The third-order valence-corrected chi connectivity index (χ3v) is 2.47. The number of carbonyl (C=O) groups is 1. The number of hydrogen-bond donors (Lipinski definition) is 2. The molecule has 2 aromatic rings. The molecule has 0 saturated heterocycles. The zero-order valence-corrected chi connectivity index (χ0v) is 10.0. The Morgan fingerprint density at radius 3 is 2.82 bits per heavy atom. The minimum atomic E-state index is -0.391. The van der Waals surface area contributed by atoms with Crippen LogP contribution in [0.25, 0.3) is 0 Å². The van der Waals surface area contributed by atoms with Crippen LogP contribution in [0.4, 0.5) is 5.69 Å². The minimum Gasteiger partial charge on any atom is -0.318 e. The number of anilines is 1. The second-order valence-electron chi connectivity index (χ2n) is 3.53. The molecule has 0 radical (unpaired) electrons. The molecule has 0 aromatic carbocycles. The van der Waals surface area contributed by atoms with Crippen LogP contribution < -0.4 is 5.32 Å². The molecule has 88 valence electrons. The van der Waals surface area contributed by atoms with Gasteiger partial charge in [0, 0.05) is 0 Å². The number of aryl methyl sites for hydroxylation is 2. The number of nitrogens with one attached hydrogen (secondary N) is 2. The monoisotopic (exact) mass is 251 g/mol. The van der Waals surface area contributed by atoms with Crippen molar-refractivity contribution in [2.24, 2.45) is 0 Å². The zero-order chi connectivity index (χ0) is 12.4. The van der Waals surface area contributed by atoms with E-state index in [0.29, 0.717) is 16.7 Å². The Kier molecular flexibility index (Phi) is 3.06. The van der Waals surface area contributed by atoms with E-state index in [4.69, 9.17) is 11.6 Å². The molecule has 2 rings (SSSR count). The molecule has 6 nitrogen and oxygen atoms in total. The Bertz CT molecular complexity index is 566. The average molecular weight is 252 g/mol. The van der Waals surface area contributed by atoms with Crippen molar-refractivity contribution < 1.29 is 4.79 Å². The Labute approximate surface area is 102 Å². The number of H-pyrrole nitrogens is 1. The molecule has 2 aromatic heterocycles. The average Bonchev–Trinajstić information content (AvgIpc) is 2.70. The third-order valence-electron chi connectivity index (χ3n) is 2.07. The first kappa shape index (κ1) is 11.5. The van der Waals surface area contributed by atoms with E-state index < -0.39 is 5.91 Å². The first-order valence-corrected chi connectivity index (χ1v) is 5.26. The van der Waals surface area contributed by atoms with Crippen molar-refractivity contribution >= 4 is 23.2 Å². The smallest absolute Gasteiger partial charge is 0.295 e. The molecule has 0 aliphatic carbocycles. The molecule has 0 unspecified atom stereocenters. The molecule has 0 saturated carbocycles. The molecular formula is C10H10ClN5O. The summed E-state index contributed by atoms with van der Waals surface area (Å²) in [6, 6.07) is 1.73. The van der Waals surface area contributed by atoms with Gasteiger partial charge in [0.2, 0.25) is 5.82 Å². The summed E-state index contributed by atoms with van der Waals surface area (Å²) in [5.41, 5.74) is 1.34. The number of aromatic nitrogens is 4. The first-order chi connectivity index (χ1) is 8.06. The molecule has 2 N–H and O–H groups in total. The predicted molar refractivity (Wildman–Crippen MR) is 63.1 cm³/mol. The highest BCUT2D eigenvalue weighted by molar-refractivity contribution is 6.30. The van der Waals surface area contributed by atoms with Crippen LogP contribution in [0.1, 0.15) is 22.0 Å². The fourth-order valence-corrected chi connectivity index (χ4v) is 1.36. The van der Waals surface area contributed by atoms with Crippen LogP contribution in [0.15, 0.2) is 12.3 Å². The van der Waals surface area contributed by atoms with E-state index in [2.05, 4.69) is 25.5 Å². The number of pyridine rings is 1. The third kappa shape index (κ3) is 2.59. The molecule has 17 heavy (non-hydrogen) atoms. The molecule has 0 atom stereocenters. The number of halogens is 1. The van der Waals surface area contributed by atoms with Crippen molar-refractivity contribution in [3.05, 3.63) is 34.6 Å². The zero-order valence-electron chi connectivity index (χ0n) is 9.28. The van der Waals surface area contributed by atoms with Crippen LogP contribution in [-0.2, 0) is 0 Å². The highest BCUT2D eigenvalue weighted by Crippen LogP contribution is 2.16. The standard InChI is InChI=1S/C10H10ClN5O/c1-5-3-7(4-12-8(5)11)14-10(17)9-13-6(2)15-16-9/h3-4H,1-2H3,(H,14,17)(H,13,15,16). The van der Waals surface area contributed by atoms with E-state index in [1.807, 2.05) is 6.92 Å². The maximum atomic E-state index is 11.7. The van der Waals surface area contributed by atoms with Crippen molar-refractivity contribution in [1.29, 1.82) is 0 Å². The van der Waals surface area contributed by atoms with E-state index in [1.54, 1.807) is 13.0 Å². The minimum absolute atomic E-state index is 0.0927. The van der Waals surface area contributed by atoms with Gasteiger partial charge in [0.1, 0.15) is 11.0 Å². The quantitative estimate of drug-likeness (QED) is 0.796. The van der Waals surface area contributed by atoms with Gasteiger partial charge >= 0.3 is 0 Å². The molecule has 0 aliphatic rings. The lowest BCUT2D eigenvalue weighted by molar-refractivity contribution is 0.101. The summed E-state index contributed by atoms with van der Waals surface area (Å²) >= 11 is 5.78. The van der Waals surface area contributed by atoms with E-state index in [-0.39, 0.29) is 5.82 Å². The summed E-state index contributed by atoms with van der Waals surface area (Å²) in [6.07, 6.45) is 1.48. The van der Waals surface area contributed by atoms with Gasteiger partial charge in [-0.05, 0) is 25.5 Å². The number of hydrogen-bond acceptors (Lipinski definition) is 4. The second-order valence-corrected chi connectivity index (χ2v) is 3.89. The van der Waals surface area contributed by atoms with Gasteiger partial charge in [0.15, 0.2) is 0 Å². The van der Waals surface area contributed by atoms with Crippen molar-refractivity contribution in [2.75, 3.05) is 5.32 Å². The molecule has 0 bridgehead atoms. The van der Waals surface area contributed by atoms with E-state index in [9.17, 15) is 4.79 Å². The summed E-state index contributed by atoms with van der Waals surface area (Å²) in [6.45, 7) is 3.53. The Balaban J connectivity index is 2.15. The SMILES string of the molecule is Cc1nc(C(=O)Nc2cnc(Cl)c(C)c2)n[nH]1. The number of carbonyl (C=O) groups excluding carboxylic acids is 1. The van der Waals surface area contributed by atoms with E-state index in [1.165, 1.54) is 6.20 Å². The van der Waals surface area contributed by atoms with E-state index in [0.717, 1.165) is 5.56 Å². The molecule has 0 fully saturated rings. The number of nitrogens with zero attached hydrogens (tertiary/aromatic N) is 3. The number of amides is 1. The molecular weight excluding hydrogens is 242 g/mol. The summed E-state index contributed by atoms with van der Waals surface area (Å²) < 4.78 is 0. The summed E-state index contributed by atoms with van der Waals surface area (Å²) in [5, 5.41) is 9.40. The lowest BCUT2D eigenvalue weighted by atomic mass is 10.3. The fourth-order valence-electron chi connectivity index (χ4n) is 1.26. The van der Waals surface area contributed by atoms with Crippen LogP contribution in [0.2, 0.25) is 5.15 Å². The van der Waals surface area contributed by atoms with Crippen LogP contribution >= 0.6 is 11.6 Å². The van der Waals surface area contributed by atoms with Gasteiger partial charge in [-0.25, -0.2) is 9.97 Å². The lowest BCUT2D eigenvalue weighted by Crippen LogP contribution is -2.14. The van der Waals surface area contributed by atoms with Crippen molar-refractivity contribution in [3.63, 3.8) is 0 Å². The van der Waals surface area contributed by atoms with Gasteiger partial charge in [-0.2, -0.15) is 0 Å². The first-order valence-electron chi connectivity index (χ1n) is 4.89. The summed E-state index contributed by atoms with van der Waals surface area (Å²) in [7, 11) is 0. The van der Waals surface area contributed by atoms with Crippen LogP contribution in [0.3, 0.4) is 0 Å². The molecule has 0 aliphatic heterocycles. The predicted octanol–water partition coefficient (Wildman–Crippen LogP) is 1.72. The highest BCUT2D eigenvalue weighted by atomic mass is 35.5. The molecule has 0 spiro atoms. The van der Waals surface area contributed by atoms with Crippen LogP contribution in [-0.4, -0.2) is 26.1 Å². The molecule has 2 heterocycles. The van der Waals surface area contributed by atoms with Gasteiger partial charge < -0.3 is 5.32 Å². The normalized spacial score (nSPS) is 10.3. The molecule has 7 heteroatoms. The van der Waals surface area contributed by atoms with E-state index >= 15 is 0 Å². The van der Waals surface area contributed by atoms with Gasteiger partial charge in [0.25, 0.3) is 5.91 Å². The Morgan fingerprint density at radius 2 is 2.24 bits per heavy atom. The maximum Gasteiger partial charge on any atom is 0.295 e. The Hall–Kier alpha value is -1.95. The van der Waals surface area contributed by atoms with Crippen LogP contribution in [0.5, 0.6) is 0 Å². The van der Waals surface area contributed by atoms with Crippen LogP contribution in [0, 0.1) is 13.8 Å². The summed E-state index contributed by atoms with van der Waals surface area (Å²) in [5.74, 6) is 0.286. The molecule has 1 amide bonds. The van der Waals surface area contributed by atoms with Gasteiger partial charge in [-0.1, -0.05) is 11.6 Å². The van der Waals surface area contributed by atoms with Crippen molar-refractivity contribution in [1.82, 2.24) is 20.2 Å². The maximum absolute atomic E-state index is 11.7. The fraction of sp³-hybridized carbons (Fsp3) is 0.200. The topological polar surface area (TPSA) is 83.6 Å². The largest absolute Gasteiger partial charge is 0.318 e. The highest BCUT2D eigenvalue weighted by Gasteiger charge is 2.11. The second kappa shape index (κ2) is 4.50. The van der Waals surface area contributed by atoms with Gasteiger partial charge in [-0.15, -0.1) is 5.10 Å². The lowest BCUT2D eigenvalue weighted by Gasteiger charge is -2.03. The number of aromatic amines is 1. The van der Waals surface area contributed by atoms with Crippen molar-refractivity contribution in [2.45, 2.75) is 13.8 Å².